The van der Waals surface area contributed by atoms with E-state index in [1.165, 1.54) is 24.8 Å². The Bertz CT molecular complexity index is 737. The van der Waals surface area contributed by atoms with Crippen molar-refractivity contribution in [2.75, 3.05) is 39.4 Å². The van der Waals surface area contributed by atoms with E-state index in [1.54, 1.807) is 0 Å². The largest absolute Gasteiger partial charge is 0.379 e. The van der Waals surface area contributed by atoms with Gasteiger partial charge in [-0.2, -0.15) is 0 Å². The standard InChI is InChI=1S/C24H35N3O3/c1-19-5-7-20(8-6-19)16-26-17-21(15-22(26)28)23(29)25-18-24(9-3-2-4-10-24)27-11-13-30-14-12-27/h5-8,21H,2-4,9-18H2,1H3,(H,25,29). The highest BCUT2D eigenvalue weighted by Crippen LogP contribution is 2.34. The van der Waals surface area contributed by atoms with Crippen LogP contribution in [0.15, 0.2) is 24.3 Å². The summed E-state index contributed by atoms with van der Waals surface area (Å²) in [4.78, 5) is 29.8. The average molecular weight is 414 g/mol. The van der Waals surface area contributed by atoms with Gasteiger partial charge in [0, 0.05) is 44.7 Å². The summed E-state index contributed by atoms with van der Waals surface area (Å²) in [6.45, 7) is 7.30. The van der Waals surface area contributed by atoms with Crippen molar-refractivity contribution >= 4 is 11.8 Å². The van der Waals surface area contributed by atoms with E-state index in [1.807, 2.05) is 4.90 Å². The number of benzene rings is 1. The molecule has 0 spiro atoms. The maximum atomic E-state index is 13.0. The molecule has 2 heterocycles. The second-order valence-corrected chi connectivity index (χ2v) is 9.26. The molecule has 30 heavy (non-hydrogen) atoms. The van der Waals surface area contributed by atoms with Crippen LogP contribution in [0.5, 0.6) is 0 Å². The first-order valence-corrected chi connectivity index (χ1v) is 11.5. The molecule has 1 aromatic carbocycles. The Morgan fingerprint density at radius 3 is 2.53 bits per heavy atom. The van der Waals surface area contributed by atoms with Gasteiger partial charge >= 0.3 is 0 Å². The summed E-state index contributed by atoms with van der Waals surface area (Å²) in [6.07, 6.45) is 6.32. The number of ether oxygens (including phenoxy) is 1. The SMILES string of the molecule is Cc1ccc(CN2CC(C(=O)NCC3(N4CCOCC4)CCCCC3)CC2=O)cc1. The third kappa shape index (κ3) is 4.86. The van der Waals surface area contributed by atoms with Crippen molar-refractivity contribution in [2.24, 2.45) is 5.92 Å². The van der Waals surface area contributed by atoms with Gasteiger partial charge in [0.2, 0.25) is 11.8 Å². The van der Waals surface area contributed by atoms with E-state index in [2.05, 4.69) is 41.4 Å². The van der Waals surface area contributed by atoms with E-state index >= 15 is 0 Å². The molecule has 3 fully saturated rings. The summed E-state index contributed by atoms with van der Waals surface area (Å²) in [6, 6.07) is 8.25. The molecule has 0 aromatic heterocycles. The van der Waals surface area contributed by atoms with Gasteiger partial charge in [0.1, 0.15) is 0 Å². The van der Waals surface area contributed by atoms with Crippen molar-refractivity contribution in [1.29, 1.82) is 0 Å². The number of likely N-dealkylation sites (tertiary alicyclic amines) is 1. The molecule has 1 aliphatic carbocycles. The fraction of sp³-hybridized carbons (Fsp3) is 0.667. The number of carbonyl (C=O) groups excluding carboxylic acids is 2. The highest BCUT2D eigenvalue weighted by atomic mass is 16.5. The molecule has 2 amide bonds. The van der Waals surface area contributed by atoms with Crippen LogP contribution in [0, 0.1) is 12.8 Å². The Morgan fingerprint density at radius 1 is 1.13 bits per heavy atom. The second-order valence-electron chi connectivity index (χ2n) is 9.26. The summed E-state index contributed by atoms with van der Waals surface area (Å²) in [5.41, 5.74) is 2.38. The monoisotopic (exact) mass is 413 g/mol. The van der Waals surface area contributed by atoms with Crippen molar-refractivity contribution in [2.45, 2.75) is 57.5 Å². The zero-order valence-corrected chi connectivity index (χ0v) is 18.2. The second kappa shape index (κ2) is 9.48. The maximum absolute atomic E-state index is 13.0. The van der Waals surface area contributed by atoms with E-state index < -0.39 is 0 Å². The molecule has 1 aromatic rings. The molecular weight excluding hydrogens is 378 g/mol. The summed E-state index contributed by atoms with van der Waals surface area (Å²) < 4.78 is 5.55. The highest BCUT2D eigenvalue weighted by Gasteiger charge is 2.40. The van der Waals surface area contributed by atoms with Gasteiger partial charge in [-0.05, 0) is 25.3 Å². The number of morpholine rings is 1. The predicted molar refractivity (Wildman–Crippen MR) is 116 cm³/mol. The lowest BCUT2D eigenvalue weighted by atomic mass is 9.79. The number of hydrogen-bond acceptors (Lipinski definition) is 4. The minimum atomic E-state index is -0.242. The molecule has 0 radical (unpaired) electrons. The van der Waals surface area contributed by atoms with Crippen LogP contribution in [0.1, 0.15) is 49.7 Å². The molecule has 164 valence electrons. The van der Waals surface area contributed by atoms with Gasteiger partial charge in [0.15, 0.2) is 0 Å². The maximum Gasteiger partial charge on any atom is 0.225 e. The van der Waals surface area contributed by atoms with E-state index in [-0.39, 0.29) is 23.3 Å². The predicted octanol–water partition coefficient (Wildman–Crippen LogP) is 2.49. The number of carbonyl (C=O) groups is 2. The molecule has 0 bridgehead atoms. The molecule has 3 aliphatic rings. The zero-order chi connectivity index (χ0) is 21.0. The highest BCUT2D eigenvalue weighted by molar-refractivity contribution is 5.89. The Labute approximate surface area is 179 Å². The van der Waals surface area contributed by atoms with Crippen LogP contribution >= 0.6 is 0 Å². The topological polar surface area (TPSA) is 61.9 Å². The first-order chi connectivity index (χ1) is 14.6. The molecular formula is C24H35N3O3. The van der Waals surface area contributed by atoms with Crippen LogP contribution in [0.25, 0.3) is 0 Å². The van der Waals surface area contributed by atoms with Crippen LogP contribution in [0.2, 0.25) is 0 Å². The van der Waals surface area contributed by atoms with Crippen molar-refractivity contribution in [3.8, 4) is 0 Å². The van der Waals surface area contributed by atoms with Gasteiger partial charge in [-0.25, -0.2) is 0 Å². The van der Waals surface area contributed by atoms with Crippen LogP contribution in [0.3, 0.4) is 0 Å². The fourth-order valence-electron chi connectivity index (χ4n) is 5.26. The van der Waals surface area contributed by atoms with Crippen LogP contribution in [-0.2, 0) is 20.9 Å². The quantitative estimate of drug-likeness (QED) is 0.778. The smallest absolute Gasteiger partial charge is 0.225 e. The molecule has 1 atom stereocenters. The molecule has 2 aliphatic heterocycles. The van der Waals surface area contributed by atoms with Crippen molar-refractivity contribution in [3.63, 3.8) is 0 Å². The van der Waals surface area contributed by atoms with E-state index in [9.17, 15) is 9.59 Å². The molecule has 6 heteroatoms. The van der Waals surface area contributed by atoms with Crippen molar-refractivity contribution in [3.05, 3.63) is 35.4 Å². The molecule has 6 nitrogen and oxygen atoms in total. The summed E-state index contributed by atoms with van der Waals surface area (Å²) >= 11 is 0. The number of amides is 2. The minimum Gasteiger partial charge on any atom is -0.379 e. The number of rotatable bonds is 6. The number of nitrogens with zero attached hydrogens (tertiary/aromatic N) is 2. The average Bonchev–Trinajstić information content (AvgIpc) is 3.15. The Balaban J connectivity index is 1.33. The van der Waals surface area contributed by atoms with Gasteiger partial charge in [0.25, 0.3) is 0 Å². The minimum absolute atomic E-state index is 0.0352. The molecule has 1 saturated carbocycles. The van der Waals surface area contributed by atoms with Gasteiger partial charge in [-0.3, -0.25) is 14.5 Å². The van der Waals surface area contributed by atoms with Crippen molar-refractivity contribution < 1.29 is 14.3 Å². The lowest BCUT2D eigenvalue weighted by Crippen LogP contribution is -2.60. The fourth-order valence-corrected chi connectivity index (χ4v) is 5.26. The van der Waals surface area contributed by atoms with Gasteiger partial charge in [-0.1, -0.05) is 49.1 Å². The van der Waals surface area contributed by atoms with Crippen LogP contribution < -0.4 is 5.32 Å². The Morgan fingerprint density at radius 2 is 1.83 bits per heavy atom. The third-order valence-corrected chi connectivity index (χ3v) is 7.14. The lowest BCUT2D eigenvalue weighted by molar-refractivity contribution is -0.129. The first-order valence-electron chi connectivity index (χ1n) is 11.5. The van der Waals surface area contributed by atoms with E-state index in [0.29, 0.717) is 26.1 Å². The molecule has 4 rings (SSSR count). The van der Waals surface area contributed by atoms with Gasteiger partial charge in [0.05, 0.1) is 19.1 Å². The number of hydrogen-bond donors (Lipinski definition) is 1. The molecule has 1 N–H and O–H groups in total. The molecule has 2 saturated heterocycles. The number of aryl methyl sites for hydroxylation is 1. The summed E-state index contributed by atoms with van der Waals surface area (Å²) in [5.74, 6) is -0.127. The first kappa shape index (κ1) is 21.3. The lowest BCUT2D eigenvalue weighted by Gasteiger charge is -2.48. The summed E-state index contributed by atoms with van der Waals surface area (Å²) in [7, 11) is 0. The van der Waals surface area contributed by atoms with Crippen LogP contribution in [-0.4, -0.2) is 66.5 Å². The Hall–Kier alpha value is -1.92. The van der Waals surface area contributed by atoms with Crippen LogP contribution in [0.4, 0.5) is 0 Å². The zero-order valence-electron chi connectivity index (χ0n) is 18.2. The van der Waals surface area contributed by atoms with Gasteiger partial charge < -0.3 is 15.0 Å². The summed E-state index contributed by atoms with van der Waals surface area (Å²) in [5, 5.41) is 3.24. The number of nitrogens with one attached hydrogen (secondary N) is 1. The normalized spacial score (nSPS) is 24.8. The van der Waals surface area contributed by atoms with E-state index in [0.717, 1.165) is 44.7 Å². The van der Waals surface area contributed by atoms with Gasteiger partial charge in [-0.15, -0.1) is 0 Å². The third-order valence-electron chi connectivity index (χ3n) is 7.14. The Kier molecular flexibility index (Phi) is 6.74. The van der Waals surface area contributed by atoms with E-state index in [4.69, 9.17) is 4.74 Å². The molecule has 1 unspecified atom stereocenters. The van der Waals surface area contributed by atoms with Crippen molar-refractivity contribution in [1.82, 2.24) is 15.1 Å².